The van der Waals surface area contributed by atoms with Gasteiger partial charge in [-0.05, 0) is 0 Å². The van der Waals surface area contributed by atoms with Crippen molar-refractivity contribution in [1.82, 2.24) is 0 Å². The van der Waals surface area contributed by atoms with Crippen molar-refractivity contribution in [2.75, 3.05) is 0 Å². The fourth-order valence-electron chi connectivity index (χ4n) is 0. The molecule has 0 bridgehead atoms. The largest absolute Gasteiger partial charge is 2.00 e. The fourth-order valence-corrected chi connectivity index (χ4v) is 0. The summed E-state index contributed by atoms with van der Waals surface area (Å²) in [7, 11) is 0. The molecule has 0 aromatic heterocycles. The van der Waals surface area contributed by atoms with Crippen LogP contribution in [0.3, 0.4) is 0 Å². The molecule has 0 amide bonds. The van der Waals surface area contributed by atoms with Crippen LogP contribution < -0.4 is 0 Å². The van der Waals surface area contributed by atoms with Gasteiger partial charge in [0.05, 0.1) is 0 Å². The fraction of sp³-hybridized carbons (Fsp3) is 0. The molecule has 0 nitrogen and oxygen atoms in total. The topological polar surface area (TPSA) is 0 Å². The summed E-state index contributed by atoms with van der Waals surface area (Å²) in [5.41, 5.74) is 0. The van der Waals surface area contributed by atoms with Gasteiger partial charge in [0.15, 0.2) is 0 Å². The maximum atomic E-state index is 0. The second-order valence-corrected chi connectivity index (χ2v) is 0. The Labute approximate surface area is 90.1 Å². The third-order valence-corrected chi connectivity index (χ3v) is 0. The first-order chi connectivity index (χ1) is 0. The van der Waals surface area contributed by atoms with Crippen LogP contribution in [0.4, 0.5) is 28.2 Å². The van der Waals surface area contributed by atoms with E-state index in [-0.39, 0.29) is 90.9 Å². The van der Waals surface area contributed by atoms with E-state index in [0.717, 1.165) is 0 Å². The standard InChI is InChI=1S/Ba.6FH.Si.2H/h;6*1H;;;/q+2;;;;;;;;2*-1. The average Bonchev–Trinajstić information content (AvgIpc) is 0. The molecule has 0 saturated carbocycles. The van der Waals surface area contributed by atoms with Crippen LogP contribution in [0.15, 0.2) is 0 Å². The Bertz CT molecular complexity index is 15.7. The van der Waals surface area contributed by atoms with E-state index in [0.29, 0.717) is 0 Å². The molecule has 0 rings (SSSR count). The summed E-state index contributed by atoms with van der Waals surface area (Å²) in [5, 5.41) is 0. The molecule has 0 aliphatic heterocycles. The smallest absolute Gasteiger partial charge is 1.00 e. The molecule has 8 heavy (non-hydrogen) atoms. The predicted octanol–water partition coefficient (Wildman–Crippen LogP) is 0.378. The Kier molecular flexibility index (Phi) is 10600. The molecule has 0 spiro atoms. The minimum Gasteiger partial charge on any atom is -1.00 e. The van der Waals surface area contributed by atoms with Crippen molar-refractivity contribution < 1.29 is 31.1 Å². The normalized spacial score (nSPS) is 0. The molecule has 56 valence electrons. The number of rotatable bonds is 0. The van der Waals surface area contributed by atoms with Crippen LogP contribution in [0, 0.1) is 0 Å². The average molecular weight is 287 g/mol. The molecule has 4 radical (unpaired) electrons. The summed E-state index contributed by atoms with van der Waals surface area (Å²) in [6, 6.07) is 0. The first kappa shape index (κ1) is 350. The van der Waals surface area contributed by atoms with Crippen LogP contribution in [0.2, 0.25) is 0 Å². The zero-order chi connectivity index (χ0) is 0. The molecule has 0 fully saturated rings. The summed E-state index contributed by atoms with van der Waals surface area (Å²) in [5.74, 6) is 0. The van der Waals surface area contributed by atoms with Crippen molar-refractivity contribution in [2.24, 2.45) is 0 Å². The molecule has 0 aromatic carbocycles. The molecule has 0 heterocycles. The SMILES string of the molecule is F.F.F.F.F.F.[Ba+2].[H-].[H-].[Si]. The third kappa shape index (κ3) is 160. The van der Waals surface area contributed by atoms with Gasteiger partial charge in [0.25, 0.3) is 0 Å². The molecular formula is H8BaF6Si. The molecule has 0 saturated heterocycles. The van der Waals surface area contributed by atoms with Crippen LogP contribution in [0.1, 0.15) is 2.85 Å². The van der Waals surface area contributed by atoms with E-state index in [9.17, 15) is 0 Å². The Balaban J connectivity index is 0. The summed E-state index contributed by atoms with van der Waals surface area (Å²) >= 11 is 0. The summed E-state index contributed by atoms with van der Waals surface area (Å²) < 4.78 is 0. The van der Waals surface area contributed by atoms with E-state index in [1.54, 1.807) is 0 Å². The Morgan fingerprint density at radius 3 is 0.500 bits per heavy atom. The summed E-state index contributed by atoms with van der Waals surface area (Å²) in [6.07, 6.45) is 0. The van der Waals surface area contributed by atoms with E-state index >= 15 is 0 Å². The number of halogens is 6. The van der Waals surface area contributed by atoms with E-state index in [1.165, 1.54) is 0 Å². The van der Waals surface area contributed by atoms with Crippen molar-refractivity contribution in [3.8, 4) is 0 Å². The van der Waals surface area contributed by atoms with Gasteiger partial charge < -0.3 is 2.85 Å². The van der Waals surface area contributed by atoms with Crippen molar-refractivity contribution in [3.05, 3.63) is 0 Å². The molecule has 0 atom stereocenters. The predicted molar refractivity (Wildman–Crippen MR) is 28.8 cm³/mol. The Morgan fingerprint density at radius 2 is 0.500 bits per heavy atom. The van der Waals surface area contributed by atoms with Gasteiger partial charge in [0.1, 0.15) is 0 Å². The van der Waals surface area contributed by atoms with Gasteiger partial charge in [-0.3, -0.25) is 28.2 Å². The maximum absolute atomic E-state index is 0. The number of hydrogen-bond acceptors (Lipinski definition) is 0. The van der Waals surface area contributed by atoms with E-state index in [1.807, 2.05) is 0 Å². The molecule has 0 N–H and O–H groups in total. The van der Waals surface area contributed by atoms with Crippen LogP contribution in [-0.4, -0.2) is 59.8 Å². The zero-order valence-corrected chi connectivity index (χ0v) is 9.10. The van der Waals surface area contributed by atoms with Crippen LogP contribution in [-0.2, 0) is 0 Å². The molecule has 0 aliphatic carbocycles. The van der Waals surface area contributed by atoms with Gasteiger partial charge in [0.2, 0.25) is 0 Å². The van der Waals surface area contributed by atoms with E-state index in [4.69, 9.17) is 0 Å². The Hall–Kier alpha value is 1.37. The van der Waals surface area contributed by atoms with Crippen LogP contribution in [0.25, 0.3) is 0 Å². The monoisotopic (exact) mass is 288 g/mol. The van der Waals surface area contributed by atoms with Crippen molar-refractivity contribution in [3.63, 3.8) is 0 Å². The van der Waals surface area contributed by atoms with Gasteiger partial charge in [0, 0.05) is 11.0 Å². The molecule has 0 unspecified atom stereocenters. The van der Waals surface area contributed by atoms with Crippen molar-refractivity contribution >= 4 is 59.8 Å². The molecule has 8 heteroatoms. The van der Waals surface area contributed by atoms with E-state index in [2.05, 4.69) is 0 Å². The summed E-state index contributed by atoms with van der Waals surface area (Å²) in [4.78, 5) is 0. The zero-order valence-electron chi connectivity index (χ0n) is 5.66. The maximum Gasteiger partial charge on any atom is 2.00 e. The molecule has 0 aliphatic rings. The molecule has 0 aromatic rings. The van der Waals surface area contributed by atoms with Crippen LogP contribution >= 0.6 is 0 Å². The minimum absolute atomic E-state index is 0. The van der Waals surface area contributed by atoms with Gasteiger partial charge in [-0.25, -0.2) is 0 Å². The minimum atomic E-state index is 0. The van der Waals surface area contributed by atoms with Gasteiger partial charge >= 0.3 is 48.9 Å². The Morgan fingerprint density at radius 1 is 0.500 bits per heavy atom. The third-order valence-electron chi connectivity index (χ3n) is 0. The number of hydrogen-bond donors (Lipinski definition) is 0. The van der Waals surface area contributed by atoms with Gasteiger partial charge in [-0.15, -0.1) is 0 Å². The first-order valence-corrected chi connectivity index (χ1v) is 0. The first-order valence-electron chi connectivity index (χ1n) is 0. The second kappa shape index (κ2) is 243. The molecular weight excluding hydrogens is 279 g/mol. The van der Waals surface area contributed by atoms with Gasteiger partial charge in [-0.2, -0.15) is 0 Å². The van der Waals surface area contributed by atoms with Gasteiger partial charge in [-0.1, -0.05) is 0 Å². The van der Waals surface area contributed by atoms with Crippen LogP contribution in [0.5, 0.6) is 0 Å². The summed E-state index contributed by atoms with van der Waals surface area (Å²) in [6.45, 7) is 0. The van der Waals surface area contributed by atoms with E-state index < -0.39 is 0 Å². The van der Waals surface area contributed by atoms with Crippen molar-refractivity contribution in [2.45, 2.75) is 0 Å². The quantitative estimate of drug-likeness (QED) is 0.446. The second-order valence-electron chi connectivity index (χ2n) is 0. The van der Waals surface area contributed by atoms with Crippen molar-refractivity contribution in [1.29, 1.82) is 0 Å².